The Morgan fingerprint density at radius 1 is 1.21 bits per heavy atom. The first-order valence-electron chi connectivity index (χ1n) is 9.04. The van der Waals surface area contributed by atoms with Crippen molar-refractivity contribution in [3.05, 3.63) is 58.3 Å². The Morgan fingerprint density at radius 2 is 1.96 bits per heavy atom. The number of anilines is 1. The maximum atomic E-state index is 12.7. The molecular weight excluding hydrogens is 396 g/mol. The summed E-state index contributed by atoms with van der Waals surface area (Å²) in [5.74, 6) is 0.0489. The minimum Gasteiger partial charge on any atom is -0.439 e. The minimum absolute atomic E-state index is 0.0628. The first-order chi connectivity index (χ1) is 13.3. The number of carbonyl (C=O) groups excluding carboxylic acids is 1. The van der Waals surface area contributed by atoms with Gasteiger partial charge in [-0.05, 0) is 56.4 Å². The van der Waals surface area contributed by atoms with Crippen LogP contribution in [0.4, 0.5) is 5.13 Å². The van der Waals surface area contributed by atoms with Gasteiger partial charge in [0.1, 0.15) is 0 Å². The van der Waals surface area contributed by atoms with Gasteiger partial charge in [-0.15, -0.1) is 11.3 Å². The molecule has 2 aromatic heterocycles. The van der Waals surface area contributed by atoms with E-state index < -0.39 is 15.7 Å². The molecular formula is C20H20N2O4S2. The lowest BCUT2D eigenvalue weighted by Crippen LogP contribution is -2.11. The third-order valence-corrected chi connectivity index (χ3v) is 7.49. The molecule has 6 nitrogen and oxygen atoms in total. The molecule has 1 aliphatic carbocycles. The number of amides is 1. The van der Waals surface area contributed by atoms with Crippen LogP contribution in [-0.2, 0) is 22.7 Å². The summed E-state index contributed by atoms with van der Waals surface area (Å²) < 4.78 is 30.7. The van der Waals surface area contributed by atoms with Gasteiger partial charge in [-0.1, -0.05) is 24.6 Å². The third-order valence-electron chi connectivity index (χ3n) is 4.81. The number of sulfone groups is 1. The number of fused-ring (bicyclic) bond motifs is 1. The van der Waals surface area contributed by atoms with E-state index in [9.17, 15) is 13.2 Å². The highest BCUT2D eigenvalue weighted by Crippen LogP contribution is 2.32. The maximum absolute atomic E-state index is 12.7. The highest BCUT2D eigenvalue weighted by molar-refractivity contribution is 7.91. The molecule has 0 fully saturated rings. The Hall–Kier alpha value is -2.45. The van der Waals surface area contributed by atoms with Gasteiger partial charge in [0.25, 0.3) is 5.91 Å². The average Bonchev–Trinajstić information content (AvgIpc) is 3.28. The van der Waals surface area contributed by atoms with Gasteiger partial charge in [0.2, 0.25) is 14.9 Å². The molecule has 1 aliphatic rings. The fourth-order valence-electron chi connectivity index (χ4n) is 3.17. The van der Waals surface area contributed by atoms with E-state index in [0.29, 0.717) is 11.0 Å². The van der Waals surface area contributed by atoms with Crippen LogP contribution in [0, 0.1) is 12.8 Å². The standard InChI is InChI=1S/C20H20N2O4S2/c1-12-3-6-14(7-4-12)28(24,25)18-10-9-16(26-18)19(23)22-20-21-15-8-5-13(2)11-17(15)27-20/h3-4,6-7,9-10,13H,5,8,11H2,1-2H3,(H,21,22,23). The third kappa shape index (κ3) is 3.62. The van der Waals surface area contributed by atoms with E-state index in [1.807, 2.05) is 6.92 Å². The first kappa shape index (κ1) is 18.9. The predicted octanol–water partition coefficient (Wildman–Crippen LogP) is 4.25. The number of carbonyl (C=O) groups is 1. The summed E-state index contributed by atoms with van der Waals surface area (Å²) in [5, 5.41) is 2.98. The summed E-state index contributed by atoms with van der Waals surface area (Å²) in [6.45, 7) is 4.09. The van der Waals surface area contributed by atoms with Crippen LogP contribution in [-0.4, -0.2) is 19.3 Å². The summed E-state index contributed by atoms with van der Waals surface area (Å²) in [6, 6.07) is 9.15. The van der Waals surface area contributed by atoms with Gasteiger partial charge in [0.15, 0.2) is 10.9 Å². The minimum atomic E-state index is -3.81. The van der Waals surface area contributed by atoms with E-state index >= 15 is 0 Å². The van der Waals surface area contributed by atoms with Crippen molar-refractivity contribution in [3.8, 4) is 0 Å². The largest absolute Gasteiger partial charge is 0.439 e. The second-order valence-corrected chi connectivity index (χ2v) is 10.1. The Kier molecular flexibility index (Phi) is 4.84. The molecule has 3 aromatic rings. The van der Waals surface area contributed by atoms with Crippen molar-refractivity contribution in [2.75, 3.05) is 5.32 Å². The molecule has 1 aromatic carbocycles. The van der Waals surface area contributed by atoms with Crippen LogP contribution in [0.2, 0.25) is 0 Å². The predicted molar refractivity (Wildman–Crippen MR) is 107 cm³/mol. The molecule has 0 aliphatic heterocycles. The average molecular weight is 417 g/mol. The number of aryl methyl sites for hydroxylation is 2. The summed E-state index contributed by atoms with van der Waals surface area (Å²) in [4.78, 5) is 18.3. The van der Waals surface area contributed by atoms with Gasteiger partial charge in [0.05, 0.1) is 10.6 Å². The molecule has 1 unspecified atom stereocenters. The Morgan fingerprint density at radius 3 is 2.71 bits per heavy atom. The monoisotopic (exact) mass is 416 g/mol. The summed E-state index contributed by atoms with van der Waals surface area (Å²) in [5.41, 5.74) is 2.00. The van der Waals surface area contributed by atoms with E-state index in [1.165, 1.54) is 40.5 Å². The molecule has 1 atom stereocenters. The maximum Gasteiger partial charge on any atom is 0.293 e. The fourth-order valence-corrected chi connectivity index (χ4v) is 5.51. The highest BCUT2D eigenvalue weighted by atomic mass is 32.2. The van der Waals surface area contributed by atoms with Gasteiger partial charge in [-0.2, -0.15) is 0 Å². The lowest BCUT2D eigenvalue weighted by molar-refractivity contribution is 0.0991. The number of furan rings is 1. The molecule has 1 N–H and O–H groups in total. The summed E-state index contributed by atoms with van der Waals surface area (Å²) >= 11 is 1.47. The number of hydrogen-bond acceptors (Lipinski definition) is 6. The van der Waals surface area contributed by atoms with Crippen molar-refractivity contribution in [2.45, 2.75) is 43.1 Å². The lowest BCUT2D eigenvalue weighted by atomic mass is 9.93. The van der Waals surface area contributed by atoms with Crippen molar-refractivity contribution in [1.82, 2.24) is 4.98 Å². The van der Waals surface area contributed by atoms with Crippen LogP contribution < -0.4 is 5.32 Å². The van der Waals surface area contributed by atoms with Crippen LogP contribution in [0.3, 0.4) is 0 Å². The second-order valence-electron chi connectivity index (χ2n) is 7.13. The summed E-state index contributed by atoms with van der Waals surface area (Å²) in [7, 11) is -3.81. The van der Waals surface area contributed by atoms with Crippen LogP contribution in [0.1, 0.15) is 40.0 Å². The SMILES string of the molecule is Cc1ccc(S(=O)(=O)c2ccc(C(=O)Nc3nc4c(s3)CC(C)CC4)o2)cc1. The zero-order chi connectivity index (χ0) is 19.9. The van der Waals surface area contributed by atoms with Gasteiger partial charge >= 0.3 is 0 Å². The first-order valence-corrected chi connectivity index (χ1v) is 11.3. The number of aromatic nitrogens is 1. The lowest BCUT2D eigenvalue weighted by Gasteiger charge is -2.15. The Bertz CT molecular complexity index is 1130. The molecule has 0 radical (unpaired) electrons. The van der Waals surface area contributed by atoms with Crippen LogP contribution >= 0.6 is 11.3 Å². The number of nitrogens with one attached hydrogen (secondary N) is 1. The van der Waals surface area contributed by atoms with Crippen molar-refractivity contribution < 1.29 is 17.6 Å². The van der Waals surface area contributed by atoms with Crippen molar-refractivity contribution in [3.63, 3.8) is 0 Å². The van der Waals surface area contributed by atoms with E-state index in [2.05, 4.69) is 17.2 Å². The van der Waals surface area contributed by atoms with Gasteiger partial charge in [-0.25, -0.2) is 13.4 Å². The van der Waals surface area contributed by atoms with Crippen molar-refractivity contribution in [1.29, 1.82) is 0 Å². The van der Waals surface area contributed by atoms with Gasteiger partial charge in [0, 0.05) is 4.88 Å². The van der Waals surface area contributed by atoms with Crippen molar-refractivity contribution >= 4 is 32.2 Å². The molecule has 146 valence electrons. The van der Waals surface area contributed by atoms with E-state index in [1.54, 1.807) is 12.1 Å². The molecule has 2 heterocycles. The van der Waals surface area contributed by atoms with Crippen LogP contribution in [0.25, 0.3) is 0 Å². The molecule has 0 saturated carbocycles. The number of thiazole rings is 1. The normalized spacial score (nSPS) is 16.6. The number of rotatable bonds is 4. The molecule has 8 heteroatoms. The molecule has 1 amide bonds. The van der Waals surface area contributed by atoms with E-state index in [0.717, 1.165) is 30.5 Å². The number of hydrogen-bond donors (Lipinski definition) is 1. The second kappa shape index (κ2) is 7.18. The van der Waals surface area contributed by atoms with Crippen LogP contribution in [0.15, 0.2) is 50.8 Å². The van der Waals surface area contributed by atoms with Crippen LogP contribution in [0.5, 0.6) is 0 Å². The topological polar surface area (TPSA) is 89.3 Å². The Balaban J connectivity index is 1.52. The quantitative estimate of drug-likeness (QED) is 0.687. The molecule has 4 rings (SSSR count). The Labute approximate surface area is 167 Å². The van der Waals surface area contributed by atoms with Gasteiger partial charge < -0.3 is 4.42 Å². The van der Waals surface area contributed by atoms with E-state index in [4.69, 9.17) is 4.42 Å². The zero-order valence-corrected chi connectivity index (χ0v) is 17.2. The molecule has 0 spiro atoms. The molecule has 28 heavy (non-hydrogen) atoms. The summed E-state index contributed by atoms with van der Waals surface area (Å²) in [6.07, 6.45) is 2.99. The number of benzene rings is 1. The zero-order valence-electron chi connectivity index (χ0n) is 15.6. The number of nitrogens with zero attached hydrogens (tertiary/aromatic N) is 1. The smallest absolute Gasteiger partial charge is 0.293 e. The van der Waals surface area contributed by atoms with Crippen molar-refractivity contribution in [2.24, 2.45) is 5.92 Å². The molecule has 0 bridgehead atoms. The highest BCUT2D eigenvalue weighted by Gasteiger charge is 2.25. The van der Waals surface area contributed by atoms with Gasteiger partial charge in [-0.3, -0.25) is 10.1 Å². The molecule has 0 saturated heterocycles. The fraction of sp³-hybridized carbons (Fsp3) is 0.300. The van der Waals surface area contributed by atoms with E-state index in [-0.39, 0.29) is 15.7 Å².